The van der Waals surface area contributed by atoms with Gasteiger partial charge < -0.3 is 10.6 Å². The molecule has 2 rings (SSSR count). The fraction of sp³-hybridized carbons (Fsp3) is 0.333. The summed E-state index contributed by atoms with van der Waals surface area (Å²) in [5.41, 5.74) is 1.02. The second kappa shape index (κ2) is 5.63. The minimum absolute atomic E-state index is 0.174. The average molecular weight is 292 g/mol. The maximum absolute atomic E-state index is 13.2. The molecule has 0 fully saturated rings. The van der Waals surface area contributed by atoms with Crippen molar-refractivity contribution < 1.29 is 8.78 Å². The van der Waals surface area contributed by atoms with Gasteiger partial charge in [-0.05, 0) is 39.8 Å². The van der Waals surface area contributed by atoms with Crippen molar-refractivity contribution in [3.63, 3.8) is 0 Å². The van der Waals surface area contributed by atoms with Crippen LogP contribution < -0.4 is 10.6 Å². The van der Waals surface area contributed by atoms with E-state index in [1.807, 2.05) is 27.7 Å². The molecule has 6 heteroatoms. The number of halogens is 2. The highest BCUT2D eigenvalue weighted by Gasteiger charge is 2.12. The van der Waals surface area contributed by atoms with Crippen molar-refractivity contribution in [1.82, 2.24) is 9.97 Å². The third kappa shape index (κ3) is 4.37. The van der Waals surface area contributed by atoms with Gasteiger partial charge in [0.25, 0.3) is 0 Å². The second-order valence-corrected chi connectivity index (χ2v) is 5.85. The third-order valence-electron chi connectivity index (χ3n) is 2.53. The van der Waals surface area contributed by atoms with Crippen molar-refractivity contribution in [1.29, 1.82) is 0 Å². The Balaban J connectivity index is 2.25. The molecule has 0 aliphatic rings. The summed E-state index contributed by atoms with van der Waals surface area (Å²) in [5.74, 6) is -0.791. The molecule has 0 aliphatic heterocycles. The predicted octanol–water partition coefficient (Wildman–Crippen LogP) is 4.02. The van der Waals surface area contributed by atoms with Crippen LogP contribution in [0.3, 0.4) is 0 Å². The van der Waals surface area contributed by atoms with Gasteiger partial charge in [-0.1, -0.05) is 0 Å². The lowest BCUT2D eigenvalue weighted by Gasteiger charge is -2.21. The van der Waals surface area contributed by atoms with Gasteiger partial charge in [0.15, 0.2) is 11.6 Å². The smallest absolute Gasteiger partial charge is 0.225 e. The Labute approximate surface area is 122 Å². The van der Waals surface area contributed by atoms with Gasteiger partial charge in [-0.3, -0.25) is 0 Å². The molecule has 0 aliphatic carbocycles. The van der Waals surface area contributed by atoms with Crippen LogP contribution in [0.1, 0.15) is 26.5 Å². The number of hydrogen-bond donors (Lipinski definition) is 2. The van der Waals surface area contributed by atoms with Crippen LogP contribution in [0.2, 0.25) is 0 Å². The van der Waals surface area contributed by atoms with Gasteiger partial charge in [0.1, 0.15) is 5.82 Å². The SMILES string of the molecule is Cc1cc(Nc2ccc(F)c(F)c2)nc(NC(C)(C)C)n1. The molecule has 112 valence electrons. The Kier molecular flexibility index (Phi) is 4.06. The molecule has 0 bridgehead atoms. The second-order valence-electron chi connectivity index (χ2n) is 5.85. The molecule has 2 aromatic rings. The van der Waals surface area contributed by atoms with Crippen molar-refractivity contribution in [2.75, 3.05) is 10.6 Å². The van der Waals surface area contributed by atoms with Crippen LogP contribution in [-0.4, -0.2) is 15.5 Å². The van der Waals surface area contributed by atoms with E-state index in [1.54, 1.807) is 6.07 Å². The summed E-state index contributed by atoms with van der Waals surface area (Å²) >= 11 is 0. The van der Waals surface area contributed by atoms with Gasteiger partial charge >= 0.3 is 0 Å². The number of rotatable bonds is 3. The van der Waals surface area contributed by atoms with Gasteiger partial charge in [-0.25, -0.2) is 13.8 Å². The molecule has 0 spiro atoms. The zero-order valence-electron chi connectivity index (χ0n) is 12.5. The number of aromatic nitrogens is 2. The molecule has 0 unspecified atom stereocenters. The number of nitrogens with one attached hydrogen (secondary N) is 2. The Morgan fingerprint density at radius 1 is 1.00 bits per heavy atom. The van der Waals surface area contributed by atoms with Crippen LogP contribution in [-0.2, 0) is 0 Å². The Morgan fingerprint density at radius 3 is 2.33 bits per heavy atom. The molecular weight excluding hydrogens is 274 g/mol. The summed E-state index contributed by atoms with van der Waals surface area (Å²) in [5, 5.41) is 6.11. The maximum Gasteiger partial charge on any atom is 0.225 e. The van der Waals surface area contributed by atoms with Crippen LogP contribution in [0.5, 0.6) is 0 Å². The molecule has 4 nitrogen and oxygen atoms in total. The molecule has 0 saturated carbocycles. The van der Waals surface area contributed by atoms with E-state index in [9.17, 15) is 8.78 Å². The summed E-state index contributed by atoms with van der Waals surface area (Å²) in [7, 11) is 0. The number of benzene rings is 1. The highest BCUT2D eigenvalue weighted by atomic mass is 19.2. The van der Waals surface area contributed by atoms with E-state index >= 15 is 0 Å². The fourth-order valence-corrected chi connectivity index (χ4v) is 1.75. The van der Waals surface area contributed by atoms with Crippen molar-refractivity contribution in [2.45, 2.75) is 33.2 Å². The Bertz CT molecular complexity index is 651. The first-order chi connectivity index (χ1) is 9.73. The van der Waals surface area contributed by atoms with Crippen molar-refractivity contribution >= 4 is 17.5 Å². The minimum Gasteiger partial charge on any atom is -0.350 e. The average Bonchev–Trinajstić information content (AvgIpc) is 2.31. The van der Waals surface area contributed by atoms with Gasteiger partial charge in [-0.2, -0.15) is 4.98 Å². The molecule has 0 saturated heterocycles. The van der Waals surface area contributed by atoms with E-state index in [0.29, 0.717) is 17.5 Å². The van der Waals surface area contributed by atoms with Crippen LogP contribution in [0.4, 0.5) is 26.2 Å². The van der Waals surface area contributed by atoms with Crippen molar-refractivity contribution in [2.24, 2.45) is 0 Å². The first-order valence-electron chi connectivity index (χ1n) is 6.59. The van der Waals surface area contributed by atoms with Crippen LogP contribution in [0, 0.1) is 18.6 Å². The van der Waals surface area contributed by atoms with Crippen LogP contribution in [0.25, 0.3) is 0 Å². The largest absolute Gasteiger partial charge is 0.350 e. The standard InChI is InChI=1S/C15H18F2N4/c1-9-7-13(20-14(18-9)21-15(2,3)4)19-10-5-6-11(16)12(17)8-10/h5-8H,1-4H3,(H2,18,19,20,21). The Hall–Kier alpha value is -2.24. The van der Waals surface area contributed by atoms with Crippen molar-refractivity contribution in [3.05, 3.63) is 41.6 Å². The number of nitrogens with zero attached hydrogens (tertiary/aromatic N) is 2. The van der Waals surface area contributed by atoms with Crippen molar-refractivity contribution in [3.8, 4) is 0 Å². The topological polar surface area (TPSA) is 49.8 Å². The van der Waals surface area contributed by atoms with Gasteiger partial charge in [0, 0.05) is 29.1 Å². The molecular formula is C15H18F2N4. The molecule has 1 aromatic carbocycles. The summed E-state index contributed by atoms with van der Waals surface area (Å²) in [6.07, 6.45) is 0. The Morgan fingerprint density at radius 2 is 1.71 bits per heavy atom. The van der Waals surface area contributed by atoms with E-state index in [2.05, 4.69) is 20.6 Å². The molecule has 21 heavy (non-hydrogen) atoms. The number of anilines is 3. The molecule has 0 amide bonds. The highest BCUT2D eigenvalue weighted by Crippen LogP contribution is 2.20. The van der Waals surface area contributed by atoms with Gasteiger partial charge in [-0.15, -0.1) is 0 Å². The van der Waals surface area contributed by atoms with Gasteiger partial charge in [0.05, 0.1) is 0 Å². The first-order valence-corrected chi connectivity index (χ1v) is 6.59. The maximum atomic E-state index is 13.2. The lowest BCUT2D eigenvalue weighted by atomic mass is 10.1. The lowest BCUT2D eigenvalue weighted by molar-refractivity contribution is 0.509. The fourth-order valence-electron chi connectivity index (χ4n) is 1.75. The van der Waals surface area contributed by atoms with E-state index in [-0.39, 0.29) is 5.54 Å². The summed E-state index contributed by atoms with van der Waals surface area (Å²) < 4.78 is 26.1. The molecule has 0 atom stereocenters. The quantitative estimate of drug-likeness (QED) is 0.897. The summed E-state index contributed by atoms with van der Waals surface area (Å²) in [6, 6.07) is 5.34. The van der Waals surface area contributed by atoms with Crippen LogP contribution in [0.15, 0.2) is 24.3 Å². The zero-order valence-corrected chi connectivity index (χ0v) is 12.5. The van der Waals surface area contributed by atoms with E-state index in [0.717, 1.165) is 17.8 Å². The number of hydrogen-bond acceptors (Lipinski definition) is 4. The normalized spacial score (nSPS) is 11.3. The lowest BCUT2D eigenvalue weighted by Crippen LogP contribution is -2.27. The zero-order chi connectivity index (χ0) is 15.6. The molecule has 0 radical (unpaired) electrons. The summed E-state index contributed by atoms with van der Waals surface area (Å²) in [4.78, 5) is 8.61. The molecule has 1 heterocycles. The monoisotopic (exact) mass is 292 g/mol. The third-order valence-corrected chi connectivity index (χ3v) is 2.53. The highest BCUT2D eigenvalue weighted by molar-refractivity contribution is 5.57. The van der Waals surface area contributed by atoms with E-state index < -0.39 is 11.6 Å². The minimum atomic E-state index is -0.904. The predicted molar refractivity (Wildman–Crippen MR) is 79.8 cm³/mol. The number of aryl methyl sites for hydroxylation is 1. The van der Waals surface area contributed by atoms with Crippen LogP contribution >= 0.6 is 0 Å². The molecule has 1 aromatic heterocycles. The summed E-state index contributed by atoms with van der Waals surface area (Å²) in [6.45, 7) is 7.84. The van der Waals surface area contributed by atoms with Gasteiger partial charge in [0.2, 0.25) is 5.95 Å². The first kappa shape index (κ1) is 15.2. The van der Waals surface area contributed by atoms with E-state index in [4.69, 9.17) is 0 Å². The molecule has 2 N–H and O–H groups in total. The van der Waals surface area contributed by atoms with E-state index in [1.165, 1.54) is 6.07 Å².